The number of carboxylic acid groups (broad SMARTS) is 1. The fraction of sp³-hybridized carbons (Fsp3) is 0.533. The van der Waals surface area contributed by atoms with E-state index < -0.39 is 30.3 Å². The number of aryl methyl sites for hydroxylation is 1. The summed E-state index contributed by atoms with van der Waals surface area (Å²) in [5, 5.41) is 34.7. The lowest BCUT2D eigenvalue weighted by atomic mass is 10.4. The van der Waals surface area contributed by atoms with E-state index in [1.807, 2.05) is 0 Å². The van der Waals surface area contributed by atoms with Gasteiger partial charge in [-0.3, -0.25) is 14.0 Å². The first-order chi connectivity index (χ1) is 14.8. The third-order valence-corrected chi connectivity index (χ3v) is 7.13. The monoisotopic (exact) mass is 476 g/mol. The van der Waals surface area contributed by atoms with Gasteiger partial charge < -0.3 is 29.3 Å². The second kappa shape index (κ2) is 9.36. The van der Waals surface area contributed by atoms with Gasteiger partial charge in [0.2, 0.25) is 11.7 Å². The van der Waals surface area contributed by atoms with Crippen molar-refractivity contribution in [1.29, 1.82) is 0 Å². The molecule has 1 aliphatic rings. The van der Waals surface area contributed by atoms with E-state index in [0.717, 1.165) is 4.68 Å². The number of fused-ring (bicyclic) bond motifs is 1. The van der Waals surface area contributed by atoms with Crippen molar-refractivity contribution in [2.45, 2.75) is 25.1 Å². The minimum absolute atomic E-state index is 0.00811. The molecule has 0 aromatic carbocycles. The van der Waals surface area contributed by atoms with Crippen LogP contribution in [0.2, 0.25) is 0 Å². The summed E-state index contributed by atoms with van der Waals surface area (Å²) < 4.78 is 30.7. The maximum absolute atomic E-state index is 13.0. The second-order valence-corrected chi connectivity index (χ2v) is 9.20. The van der Waals surface area contributed by atoms with Gasteiger partial charge in [-0.15, -0.1) is 9.78 Å². The first-order valence-electron chi connectivity index (χ1n) is 9.10. The highest BCUT2D eigenvalue weighted by Gasteiger charge is 2.42. The van der Waals surface area contributed by atoms with Crippen molar-refractivity contribution >= 4 is 48.1 Å². The Bertz CT molecular complexity index is 1110. The van der Waals surface area contributed by atoms with Crippen molar-refractivity contribution in [3.8, 4) is 0 Å². The summed E-state index contributed by atoms with van der Waals surface area (Å²) in [4.78, 5) is 24.7. The maximum atomic E-state index is 13.0. The Hall–Kier alpha value is -2.45. The van der Waals surface area contributed by atoms with E-state index in [1.54, 1.807) is 13.8 Å². The van der Waals surface area contributed by atoms with Gasteiger partial charge in [0, 0.05) is 12.5 Å². The van der Waals surface area contributed by atoms with Crippen molar-refractivity contribution in [2.24, 2.45) is 7.05 Å². The Balaban J connectivity index is 2.02. The number of aliphatic carboxylic acids is 1. The summed E-state index contributed by atoms with van der Waals surface area (Å²) in [7, 11) is -2.66. The highest BCUT2D eigenvalue weighted by atomic mass is 32.2. The van der Waals surface area contributed by atoms with Crippen molar-refractivity contribution in [1.82, 2.24) is 24.8 Å². The Kier molecular flexibility index (Phi) is 7.01. The molecule has 0 fully saturated rings. The molecule has 2 unspecified atom stereocenters. The molecule has 2 aromatic heterocycles. The number of aliphatic hydroxyl groups is 1. The van der Waals surface area contributed by atoms with Crippen LogP contribution in [0.1, 0.15) is 13.8 Å². The lowest BCUT2D eigenvalue weighted by Crippen LogP contribution is -2.31. The number of rotatable bonds is 10. The number of nitrogens with zero attached hydrogens (tertiary/aromatic N) is 5. The van der Waals surface area contributed by atoms with Crippen LogP contribution in [0.4, 0.5) is 5.82 Å². The van der Waals surface area contributed by atoms with Gasteiger partial charge in [0.15, 0.2) is 22.3 Å². The molecule has 0 amide bonds. The summed E-state index contributed by atoms with van der Waals surface area (Å²) in [6.07, 6.45) is 0. The summed E-state index contributed by atoms with van der Waals surface area (Å²) in [5.41, 5.74) is -1.25. The van der Waals surface area contributed by atoms with Gasteiger partial charge in [0.1, 0.15) is 0 Å². The molecule has 3 N–H and O–H groups in total. The minimum atomic E-state index is -4.12. The van der Waals surface area contributed by atoms with Crippen molar-refractivity contribution in [2.75, 3.05) is 25.1 Å². The van der Waals surface area contributed by atoms with Crippen LogP contribution in [0.5, 0.6) is 0 Å². The zero-order valence-electron chi connectivity index (χ0n) is 16.8. The number of hydrogen-bond acceptors (Lipinski definition) is 12. The number of carbonyl (C=O) groups is 1. The van der Waals surface area contributed by atoms with Crippen LogP contribution < -0.4 is 10.9 Å². The third kappa shape index (κ3) is 4.45. The molecule has 0 aliphatic carbocycles. The molecule has 2 atom stereocenters. The number of anilines is 1. The third-order valence-electron chi connectivity index (χ3n) is 4.02. The first-order valence-corrected chi connectivity index (χ1v) is 11.7. The molecule has 3 rings (SSSR count). The summed E-state index contributed by atoms with van der Waals surface area (Å²) >= 11 is 1.17. The lowest BCUT2D eigenvalue weighted by molar-refractivity contribution is -0.136. The molecule has 0 spiro atoms. The maximum Gasteiger partial charge on any atom is 0.364 e. The van der Waals surface area contributed by atoms with E-state index in [9.17, 15) is 24.4 Å². The number of ether oxygens (including phenoxy) is 1. The number of aromatic nitrogens is 5. The summed E-state index contributed by atoms with van der Waals surface area (Å²) in [6, 6.07) is 0. The van der Waals surface area contributed by atoms with E-state index in [1.165, 1.54) is 28.9 Å². The van der Waals surface area contributed by atoms with E-state index in [2.05, 4.69) is 20.7 Å². The van der Waals surface area contributed by atoms with E-state index >= 15 is 0 Å². The molecule has 2 aromatic rings. The van der Waals surface area contributed by atoms with Crippen molar-refractivity contribution in [3.05, 3.63) is 15.8 Å². The quantitative estimate of drug-likeness (QED) is 0.403. The molecule has 0 bridgehead atoms. The average Bonchev–Trinajstić information content (AvgIpc) is 3.31. The standard InChI is InChI=1S/C15H21N6O8PS/c1-4-27-30(26,28-5-2)13(15(24)25)16-12-10-11(20(3)18-12)14(23)21(19-17-10)8-7-31-9(6-22)29-8/h7,9,13,22H,4-6H2,1-3H3,(H,16,18)(H,24,25). The number of carboxylic acids is 1. The normalized spacial score (nSPS) is 17.4. The van der Waals surface area contributed by atoms with E-state index in [4.69, 9.17) is 13.8 Å². The largest absolute Gasteiger partial charge is 0.479 e. The predicted molar refractivity (Wildman–Crippen MR) is 110 cm³/mol. The van der Waals surface area contributed by atoms with Crippen LogP contribution in [0.25, 0.3) is 16.9 Å². The number of nitrogens with one attached hydrogen (secondary N) is 1. The van der Waals surface area contributed by atoms with Gasteiger partial charge in [-0.1, -0.05) is 17.0 Å². The molecular weight excluding hydrogens is 455 g/mol. The molecule has 3 heterocycles. The van der Waals surface area contributed by atoms with Crippen LogP contribution in [-0.2, 0) is 30.2 Å². The van der Waals surface area contributed by atoms with Crippen molar-refractivity contribution < 1.29 is 33.4 Å². The number of thioether (sulfide) groups is 1. The molecule has 0 radical (unpaired) electrons. The summed E-state index contributed by atoms with van der Waals surface area (Å²) in [6.45, 7) is 2.75. The molecular formula is C15H21N6O8PS. The Morgan fingerprint density at radius 3 is 2.65 bits per heavy atom. The van der Waals surface area contributed by atoms with E-state index in [-0.39, 0.29) is 42.6 Å². The molecule has 16 heteroatoms. The fourth-order valence-electron chi connectivity index (χ4n) is 2.78. The number of hydrogen-bond donors (Lipinski definition) is 3. The predicted octanol–water partition coefficient (Wildman–Crippen LogP) is 0.451. The van der Waals surface area contributed by atoms with Gasteiger partial charge in [0.25, 0.3) is 0 Å². The number of aliphatic hydroxyl groups excluding tert-OH is 1. The van der Waals surface area contributed by atoms with Gasteiger partial charge in [-0.25, -0.2) is 4.79 Å². The fourth-order valence-corrected chi connectivity index (χ4v) is 5.08. The van der Waals surface area contributed by atoms with E-state index in [0.29, 0.717) is 0 Å². The molecule has 1 aliphatic heterocycles. The highest BCUT2D eigenvalue weighted by molar-refractivity contribution is 8.03. The van der Waals surface area contributed by atoms with Crippen LogP contribution in [-0.4, -0.2) is 72.0 Å². The molecule has 14 nitrogen and oxygen atoms in total. The van der Waals surface area contributed by atoms with Gasteiger partial charge in [-0.05, 0) is 13.8 Å². The molecule has 0 saturated heterocycles. The van der Waals surface area contributed by atoms with Crippen LogP contribution in [0.3, 0.4) is 0 Å². The SMILES string of the molecule is CCOP(=O)(OCC)C(Nc1nn(C)c2c(=O)n(C3=CSC(CO)O3)nnc12)C(=O)O. The zero-order chi connectivity index (χ0) is 22.8. The van der Waals surface area contributed by atoms with Crippen LogP contribution in [0, 0.1) is 0 Å². The topological polar surface area (TPSA) is 180 Å². The van der Waals surface area contributed by atoms with Crippen LogP contribution >= 0.6 is 19.4 Å². The Labute approximate surface area is 179 Å². The lowest BCUT2D eigenvalue weighted by Gasteiger charge is -2.23. The first kappa shape index (κ1) is 23.2. The zero-order valence-corrected chi connectivity index (χ0v) is 18.5. The smallest absolute Gasteiger partial charge is 0.364 e. The molecule has 0 saturated carbocycles. The van der Waals surface area contributed by atoms with Crippen molar-refractivity contribution in [3.63, 3.8) is 0 Å². The highest BCUT2D eigenvalue weighted by Crippen LogP contribution is 2.53. The Morgan fingerprint density at radius 1 is 1.42 bits per heavy atom. The molecule has 170 valence electrons. The van der Waals surface area contributed by atoms with Crippen LogP contribution in [0.15, 0.2) is 10.2 Å². The summed E-state index contributed by atoms with van der Waals surface area (Å²) in [5.74, 6) is -3.34. The van der Waals surface area contributed by atoms with Gasteiger partial charge in [0.05, 0.1) is 19.8 Å². The Morgan fingerprint density at radius 2 is 2.10 bits per heavy atom. The molecule has 31 heavy (non-hydrogen) atoms. The second-order valence-electron chi connectivity index (χ2n) is 6.06. The minimum Gasteiger partial charge on any atom is -0.479 e. The average molecular weight is 476 g/mol. The van der Waals surface area contributed by atoms with Gasteiger partial charge in [-0.2, -0.15) is 5.10 Å². The van der Waals surface area contributed by atoms with Gasteiger partial charge >= 0.3 is 19.1 Å².